The lowest BCUT2D eigenvalue weighted by Gasteiger charge is -2.26. The van der Waals surface area contributed by atoms with Gasteiger partial charge < -0.3 is 10.4 Å². The number of thiophene rings is 1. The van der Waals surface area contributed by atoms with E-state index in [-0.39, 0.29) is 17.9 Å². The van der Waals surface area contributed by atoms with Gasteiger partial charge in [-0.2, -0.15) is 0 Å². The van der Waals surface area contributed by atoms with E-state index in [1.807, 2.05) is 6.07 Å². The molecule has 4 heteroatoms. The first-order chi connectivity index (χ1) is 9.10. The van der Waals surface area contributed by atoms with Crippen LogP contribution in [-0.4, -0.2) is 24.2 Å². The fourth-order valence-corrected chi connectivity index (χ4v) is 3.88. The van der Waals surface area contributed by atoms with Gasteiger partial charge in [0.1, 0.15) is 0 Å². The Balaban J connectivity index is 1.97. The summed E-state index contributed by atoms with van der Waals surface area (Å²) in [7, 11) is 0. The summed E-state index contributed by atoms with van der Waals surface area (Å²) in [6.45, 7) is 4.94. The van der Waals surface area contributed by atoms with Crippen LogP contribution in [0, 0.1) is 12.3 Å². The van der Waals surface area contributed by atoms with Crippen molar-refractivity contribution in [3.8, 4) is 0 Å². The van der Waals surface area contributed by atoms with Crippen molar-refractivity contribution in [2.24, 2.45) is 5.41 Å². The molecule has 1 heterocycles. The molecule has 1 aromatic rings. The molecule has 106 valence electrons. The van der Waals surface area contributed by atoms with Crippen molar-refractivity contribution < 1.29 is 9.90 Å². The molecule has 19 heavy (non-hydrogen) atoms. The second-order valence-corrected chi connectivity index (χ2v) is 6.76. The normalized spacial score (nSPS) is 17.6. The summed E-state index contributed by atoms with van der Waals surface area (Å²) in [5, 5.41) is 12.5. The largest absolute Gasteiger partial charge is 0.396 e. The average Bonchev–Trinajstić information content (AvgIpc) is 3.03. The lowest BCUT2D eigenvalue weighted by atomic mass is 9.87. The first-order valence-electron chi connectivity index (χ1n) is 7.08. The highest BCUT2D eigenvalue weighted by Gasteiger charge is 2.33. The number of aliphatic hydroxyl groups is 1. The fraction of sp³-hybridized carbons (Fsp3) is 0.667. The van der Waals surface area contributed by atoms with Gasteiger partial charge in [0.2, 0.25) is 0 Å². The SMILES string of the molecule is CCc1sc(C(=O)NCC2(CO)CCCC2)cc1C. The highest BCUT2D eigenvalue weighted by Crippen LogP contribution is 2.37. The Labute approximate surface area is 119 Å². The third-order valence-electron chi connectivity index (χ3n) is 4.19. The number of nitrogens with one attached hydrogen (secondary N) is 1. The third kappa shape index (κ3) is 3.18. The van der Waals surface area contributed by atoms with Crippen LogP contribution in [0.5, 0.6) is 0 Å². The van der Waals surface area contributed by atoms with Gasteiger partial charge in [0, 0.05) is 16.8 Å². The van der Waals surface area contributed by atoms with Crippen molar-refractivity contribution >= 4 is 17.2 Å². The average molecular weight is 281 g/mol. The second kappa shape index (κ2) is 6.06. The number of rotatable bonds is 5. The van der Waals surface area contributed by atoms with Crippen LogP contribution < -0.4 is 5.32 Å². The topological polar surface area (TPSA) is 49.3 Å². The van der Waals surface area contributed by atoms with E-state index in [9.17, 15) is 9.90 Å². The van der Waals surface area contributed by atoms with E-state index in [1.54, 1.807) is 11.3 Å². The molecule has 0 atom stereocenters. The number of carbonyl (C=O) groups is 1. The fourth-order valence-electron chi connectivity index (χ4n) is 2.85. The van der Waals surface area contributed by atoms with E-state index in [4.69, 9.17) is 0 Å². The molecule has 0 aromatic carbocycles. The van der Waals surface area contributed by atoms with Crippen LogP contribution in [0.1, 0.15) is 52.7 Å². The minimum atomic E-state index is -0.0739. The molecule has 0 radical (unpaired) electrons. The summed E-state index contributed by atoms with van der Waals surface area (Å²) < 4.78 is 0. The molecule has 0 bridgehead atoms. The molecular formula is C15H23NO2S. The smallest absolute Gasteiger partial charge is 0.261 e. The minimum absolute atomic E-state index is 0.00697. The minimum Gasteiger partial charge on any atom is -0.396 e. The molecule has 1 aliphatic carbocycles. The lowest BCUT2D eigenvalue weighted by molar-refractivity contribution is 0.0884. The summed E-state index contributed by atoms with van der Waals surface area (Å²) in [5.74, 6) is 0.00697. The van der Waals surface area contributed by atoms with Crippen molar-refractivity contribution in [1.82, 2.24) is 5.32 Å². The summed E-state index contributed by atoms with van der Waals surface area (Å²) in [6, 6.07) is 1.97. The van der Waals surface area contributed by atoms with Crippen molar-refractivity contribution in [3.05, 3.63) is 21.4 Å². The van der Waals surface area contributed by atoms with Gasteiger partial charge in [0.15, 0.2) is 0 Å². The molecule has 1 saturated carbocycles. The van der Waals surface area contributed by atoms with E-state index in [0.29, 0.717) is 6.54 Å². The third-order valence-corrected chi connectivity index (χ3v) is 5.57. The van der Waals surface area contributed by atoms with Gasteiger partial charge in [-0.1, -0.05) is 19.8 Å². The van der Waals surface area contributed by atoms with Crippen LogP contribution >= 0.6 is 11.3 Å². The zero-order chi connectivity index (χ0) is 13.9. The summed E-state index contributed by atoms with van der Waals surface area (Å²) in [5.41, 5.74) is 1.13. The lowest BCUT2D eigenvalue weighted by Crippen LogP contribution is -2.38. The summed E-state index contributed by atoms with van der Waals surface area (Å²) in [6.07, 6.45) is 5.34. The van der Waals surface area contributed by atoms with E-state index in [2.05, 4.69) is 19.2 Å². The van der Waals surface area contributed by atoms with Crippen LogP contribution in [0.25, 0.3) is 0 Å². The predicted octanol–water partition coefficient (Wildman–Crippen LogP) is 2.90. The van der Waals surface area contributed by atoms with Crippen molar-refractivity contribution in [1.29, 1.82) is 0 Å². The highest BCUT2D eigenvalue weighted by molar-refractivity contribution is 7.14. The molecule has 1 aromatic heterocycles. The van der Waals surface area contributed by atoms with Crippen molar-refractivity contribution in [2.75, 3.05) is 13.2 Å². The Bertz CT molecular complexity index is 447. The maximum absolute atomic E-state index is 12.2. The van der Waals surface area contributed by atoms with E-state index < -0.39 is 0 Å². The Morgan fingerprint density at radius 3 is 2.68 bits per heavy atom. The van der Waals surface area contributed by atoms with E-state index >= 15 is 0 Å². The second-order valence-electron chi connectivity index (χ2n) is 5.62. The molecule has 1 amide bonds. The Morgan fingerprint density at radius 1 is 1.47 bits per heavy atom. The number of carbonyl (C=O) groups excluding carboxylic acids is 1. The van der Waals surface area contributed by atoms with Crippen LogP contribution in [0.4, 0.5) is 0 Å². The monoisotopic (exact) mass is 281 g/mol. The molecule has 0 aliphatic heterocycles. The van der Waals surface area contributed by atoms with Gasteiger partial charge in [-0.15, -0.1) is 11.3 Å². The van der Waals surface area contributed by atoms with Gasteiger partial charge >= 0.3 is 0 Å². The van der Waals surface area contributed by atoms with Crippen molar-refractivity contribution in [2.45, 2.75) is 46.0 Å². The van der Waals surface area contributed by atoms with E-state index in [0.717, 1.165) is 37.0 Å². The number of aliphatic hydroxyl groups excluding tert-OH is 1. The summed E-state index contributed by atoms with van der Waals surface area (Å²) in [4.78, 5) is 14.2. The molecule has 1 fully saturated rings. The Morgan fingerprint density at radius 2 is 2.16 bits per heavy atom. The van der Waals surface area contributed by atoms with Gasteiger partial charge in [0.05, 0.1) is 11.5 Å². The molecule has 0 unspecified atom stereocenters. The maximum Gasteiger partial charge on any atom is 0.261 e. The molecular weight excluding hydrogens is 258 g/mol. The van der Waals surface area contributed by atoms with Crippen LogP contribution in [0.2, 0.25) is 0 Å². The first-order valence-corrected chi connectivity index (χ1v) is 7.90. The zero-order valence-electron chi connectivity index (χ0n) is 11.8. The number of amides is 1. The van der Waals surface area contributed by atoms with Crippen LogP contribution in [0.3, 0.4) is 0 Å². The van der Waals surface area contributed by atoms with Gasteiger partial charge in [0.25, 0.3) is 5.91 Å². The van der Waals surface area contributed by atoms with Crippen LogP contribution in [-0.2, 0) is 6.42 Å². The number of hydrogen-bond acceptors (Lipinski definition) is 3. The Hall–Kier alpha value is -0.870. The molecule has 1 aliphatic rings. The molecule has 2 rings (SSSR count). The quantitative estimate of drug-likeness (QED) is 0.872. The molecule has 0 spiro atoms. The van der Waals surface area contributed by atoms with Gasteiger partial charge in [-0.05, 0) is 37.8 Å². The standard InChI is InChI=1S/C15H23NO2S/c1-3-12-11(2)8-13(19-12)14(18)16-9-15(10-17)6-4-5-7-15/h8,17H,3-7,9-10H2,1-2H3,(H,16,18). The number of hydrogen-bond donors (Lipinski definition) is 2. The number of aryl methyl sites for hydroxylation is 2. The summed E-state index contributed by atoms with van der Waals surface area (Å²) >= 11 is 1.58. The molecule has 2 N–H and O–H groups in total. The first kappa shape index (κ1) is 14.5. The zero-order valence-corrected chi connectivity index (χ0v) is 12.6. The highest BCUT2D eigenvalue weighted by atomic mass is 32.1. The maximum atomic E-state index is 12.2. The van der Waals surface area contributed by atoms with Crippen LogP contribution in [0.15, 0.2) is 6.07 Å². The van der Waals surface area contributed by atoms with E-state index in [1.165, 1.54) is 10.4 Å². The van der Waals surface area contributed by atoms with Crippen molar-refractivity contribution in [3.63, 3.8) is 0 Å². The molecule has 0 saturated heterocycles. The Kier molecular flexibility index (Phi) is 4.63. The molecule has 3 nitrogen and oxygen atoms in total. The predicted molar refractivity (Wildman–Crippen MR) is 78.8 cm³/mol. The van der Waals surface area contributed by atoms with Gasteiger partial charge in [-0.3, -0.25) is 4.79 Å². The van der Waals surface area contributed by atoms with Gasteiger partial charge in [-0.25, -0.2) is 0 Å².